The van der Waals surface area contributed by atoms with E-state index in [1.165, 1.54) is 6.20 Å². The molecule has 0 saturated heterocycles. The quantitative estimate of drug-likeness (QED) is 0.803. The van der Waals surface area contributed by atoms with E-state index < -0.39 is 5.97 Å². The second-order valence-corrected chi connectivity index (χ2v) is 3.81. The SMILES string of the molecule is CCCCc1ncc(C(=O)O)c(CCC)n1. The number of nitrogens with zero attached hydrogens (tertiary/aromatic N) is 2. The molecule has 1 rings (SSSR count). The molecule has 0 aliphatic carbocycles. The molecule has 0 amide bonds. The fraction of sp³-hybridized carbons (Fsp3) is 0.583. The van der Waals surface area contributed by atoms with Crippen LogP contribution in [0.2, 0.25) is 0 Å². The van der Waals surface area contributed by atoms with E-state index in [1.807, 2.05) is 6.92 Å². The topological polar surface area (TPSA) is 63.1 Å². The molecule has 0 spiro atoms. The summed E-state index contributed by atoms with van der Waals surface area (Å²) in [5.74, 6) is -0.180. The molecule has 0 radical (unpaired) electrons. The summed E-state index contributed by atoms with van der Waals surface area (Å²) in [5.41, 5.74) is 0.901. The number of unbranched alkanes of at least 4 members (excludes halogenated alkanes) is 1. The van der Waals surface area contributed by atoms with Crippen molar-refractivity contribution in [3.05, 3.63) is 23.3 Å². The molecule has 4 nitrogen and oxygen atoms in total. The number of carboxylic acids is 1. The van der Waals surface area contributed by atoms with E-state index in [-0.39, 0.29) is 5.56 Å². The lowest BCUT2D eigenvalue weighted by molar-refractivity contribution is 0.0694. The van der Waals surface area contributed by atoms with Gasteiger partial charge in [-0.05, 0) is 12.8 Å². The van der Waals surface area contributed by atoms with Gasteiger partial charge in [-0.1, -0.05) is 26.7 Å². The van der Waals surface area contributed by atoms with Crippen molar-refractivity contribution in [2.75, 3.05) is 0 Å². The van der Waals surface area contributed by atoms with Crippen LogP contribution in [0.5, 0.6) is 0 Å². The summed E-state index contributed by atoms with van der Waals surface area (Å²) < 4.78 is 0. The molecule has 88 valence electrons. The summed E-state index contributed by atoms with van der Waals surface area (Å²) in [6, 6.07) is 0. The van der Waals surface area contributed by atoms with Gasteiger partial charge in [-0.3, -0.25) is 0 Å². The van der Waals surface area contributed by atoms with Crippen LogP contribution in [0.1, 0.15) is 55.0 Å². The van der Waals surface area contributed by atoms with Crippen LogP contribution in [0.4, 0.5) is 0 Å². The second kappa shape index (κ2) is 6.20. The normalized spacial score (nSPS) is 10.4. The van der Waals surface area contributed by atoms with Crippen molar-refractivity contribution in [2.24, 2.45) is 0 Å². The van der Waals surface area contributed by atoms with Crippen molar-refractivity contribution < 1.29 is 9.90 Å². The molecular formula is C12H18N2O2. The highest BCUT2D eigenvalue weighted by atomic mass is 16.4. The third-order valence-electron chi connectivity index (χ3n) is 2.39. The molecule has 1 aromatic heterocycles. The summed E-state index contributed by atoms with van der Waals surface area (Å²) in [4.78, 5) is 19.4. The summed E-state index contributed by atoms with van der Waals surface area (Å²) >= 11 is 0. The first-order valence-electron chi connectivity index (χ1n) is 5.77. The minimum absolute atomic E-state index is 0.238. The Kier molecular flexibility index (Phi) is 4.89. The van der Waals surface area contributed by atoms with Gasteiger partial charge < -0.3 is 5.11 Å². The molecule has 1 heterocycles. The minimum atomic E-state index is -0.939. The molecule has 16 heavy (non-hydrogen) atoms. The van der Waals surface area contributed by atoms with E-state index in [4.69, 9.17) is 5.11 Å². The van der Waals surface area contributed by atoms with Crippen LogP contribution in [0.3, 0.4) is 0 Å². The van der Waals surface area contributed by atoms with Gasteiger partial charge in [-0.15, -0.1) is 0 Å². The van der Waals surface area contributed by atoms with Crippen molar-refractivity contribution >= 4 is 5.97 Å². The van der Waals surface area contributed by atoms with Crippen LogP contribution in [-0.2, 0) is 12.8 Å². The lowest BCUT2D eigenvalue weighted by atomic mass is 10.1. The molecular weight excluding hydrogens is 204 g/mol. The predicted molar refractivity (Wildman–Crippen MR) is 61.6 cm³/mol. The minimum Gasteiger partial charge on any atom is -0.478 e. The van der Waals surface area contributed by atoms with Gasteiger partial charge in [0.05, 0.1) is 11.3 Å². The van der Waals surface area contributed by atoms with Crippen LogP contribution in [0, 0.1) is 0 Å². The number of rotatable bonds is 6. The largest absolute Gasteiger partial charge is 0.478 e. The first-order chi connectivity index (χ1) is 7.69. The molecule has 0 aromatic carbocycles. The van der Waals surface area contributed by atoms with Gasteiger partial charge in [0, 0.05) is 12.6 Å². The van der Waals surface area contributed by atoms with Crippen LogP contribution < -0.4 is 0 Å². The number of hydrogen-bond donors (Lipinski definition) is 1. The Morgan fingerprint density at radius 3 is 2.62 bits per heavy atom. The molecule has 0 atom stereocenters. The highest BCUT2D eigenvalue weighted by Crippen LogP contribution is 2.09. The third-order valence-corrected chi connectivity index (χ3v) is 2.39. The van der Waals surface area contributed by atoms with E-state index in [1.54, 1.807) is 0 Å². The van der Waals surface area contributed by atoms with E-state index in [9.17, 15) is 4.79 Å². The second-order valence-electron chi connectivity index (χ2n) is 3.81. The van der Waals surface area contributed by atoms with Gasteiger partial charge >= 0.3 is 5.97 Å². The summed E-state index contributed by atoms with van der Waals surface area (Å²) in [5, 5.41) is 8.98. The maximum Gasteiger partial charge on any atom is 0.339 e. The Morgan fingerprint density at radius 2 is 2.06 bits per heavy atom. The zero-order valence-corrected chi connectivity index (χ0v) is 9.86. The summed E-state index contributed by atoms with van der Waals surface area (Å²) in [6.07, 6.45) is 5.98. The molecule has 0 aliphatic rings. The highest BCUT2D eigenvalue weighted by Gasteiger charge is 2.12. The number of aryl methyl sites for hydroxylation is 2. The fourth-order valence-corrected chi connectivity index (χ4v) is 1.52. The van der Waals surface area contributed by atoms with Gasteiger partial charge in [-0.25, -0.2) is 14.8 Å². The summed E-state index contributed by atoms with van der Waals surface area (Å²) in [7, 11) is 0. The number of carboxylic acid groups (broad SMARTS) is 1. The smallest absolute Gasteiger partial charge is 0.339 e. The average Bonchev–Trinajstić information content (AvgIpc) is 2.26. The van der Waals surface area contributed by atoms with Gasteiger partial charge in [0.1, 0.15) is 5.82 Å². The maximum atomic E-state index is 10.9. The van der Waals surface area contributed by atoms with Gasteiger partial charge in [0.2, 0.25) is 0 Å². The predicted octanol–water partition coefficient (Wildman–Crippen LogP) is 2.47. The Morgan fingerprint density at radius 1 is 1.31 bits per heavy atom. The Hall–Kier alpha value is -1.45. The molecule has 0 aliphatic heterocycles. The van der Waals surface area contributed by atoms with Crippen molar-refractivity contribution in [3.63, 3.8) is 0 Å². The Labute approximate surface area is 95.7 Å². The van der Waals surface area contributed by atoms with E-state index >= 15 is 0 Å². The Bertz CT molecular complexity index is 364. The lowest BCUT2D eigenvalue weighted by Crippen LogP contribution is -2.09. The molecule has 0 unspecified atom stereocenters. The fourth-order valence-electron chi connectivity index (χ4n) is 1.52. The molecule has 1 N–H and O–H groups in total. The van der Waals surface area contributed by atoms with Crippen molar-refractivity contribution in [1.29, 1.82) is 0 Å². The molecule has 4 heteroatoms. The van der Waals surface area contributed by atoms with Crippen LogP contribution in [0.25, 0.3) is 0 Å². The summed E-state index contributed by atoms with van der Waals surface area (Å²) in [6.45, 7) is 4.12. The zero-order valence-electron chi connectivity index (χ0n) is 9.86. The van der Waals surface area contributed by atoms with Crippen molar-refractivity contribution in [2.45, 2.75) is 46.0 Å². The van der Waals surface area contributed by atoms with E-state index in [0.29, 0.717) is 12.1 Å². The zero-order chi connectivity index (χ0) is 12.0. The lowest BCUT2D eigenvalue weighted by Gasteiger charge is -2.05. The Balaban J connectivity index is 2.92. The van der Waals surface area contributed by atoms with Crippen LogP contribution in [-0.4, -0.2) is 21.0 Å². The van der Waals surface area contributed by atoms with Crippen LogP contribution in [0.15, 0.2) is 6.20 Å². The van der Waals surface area contributed by atoms with E-state index in [2.05, 4.69) is 16.9 Å². The van der Waals surface area contributed by atoms with Gasteiger partial charge in [0.25, 0.3) is 0 Å². The number of aromatic nitrogens is 2. The average molecular weight is 222 g/mol. The maximum absolute atomic E-state index is 10.9. The molecule has 1 aromatic rings. The monoisotopic (exact) mass is 222 g/mol. The first kappa shape index (κ1) is 12.6. The standard InChI is InChI=1S/C12H18N2O2/c1-3-5-7-11-13-8-9(12(15)16)10(14-11)6-4-2/h8H,3-7H2,1-2H3,(H,15,16). The van der Waals surface area contributed by atoms with Crippen LogP contribution >= 0.6 is 0 Å². The molecule has 0 bridgehead atoms. The van der Waals surface area contributed by atoms with Gasteiger partial charge in [0.15, 0.2) is 0 Å². The van der Waals surface area contributed by atoms with Gasteiger partial charge in [-0.2, -0.15) is 0 Å². The highest BCUT2D eigenvalue weighted by molar-refractivity contribution is 5.88. The van der Waals surface area contributed by atoms with E-state index in [0.717, 1.165) is 31.5 Å². The molecule has 0 saturated carbocycles. The first-order valence-corrected chi connectivity index (χ1v) is 5.77. The number of hydrogen-bond acceptors (Lipinski definition) is 3. The van der Waals surface area contributed by atoms with Crippen molar-refractivity contribution in [3.8, 4) is 0 Å². The molecule has 0 fully saturated rings. The number of carbonyl (C=O) groups is 1. The third kappa shape index (κ3) is 3.29. The number of aromatic carboxylic acids is 1. The van der Waals surface area contributed by atoms with Crippen molar-refractivity contribution in [1.82, 2.24) is 9.97 Å².